The molecule has 1 aromatic heterocycles. The molecule has 2 amide bonds. The molecule has 3 rings (SSSR count). The van der Waals surface area contributed by atoms with E-state index < -0.39 is 11.1 Å². The van der Waals surface area contributed by atoms with Gasteiger partial charge in [0.25, 0.3) is 0 Å². The number of hydrogen-bond acceptors (Lipinski definition) is 5. The van der Waals surface area contributed by atoms with Gasteiger partial charge >= 0.3 is 11.1 Å². The maximum atomic E-state index is 12.5. The summed E-state index contributed by atoms with van der Waals surface area (Å²) in [6, 6.07) is 6.94. The van der Waals surface area contributed by atoms with E-state index in [2.05, 4.69) is 22.1 Å². The van der Waals surface area contributed by atoms with Gasteiger partial charge in [0.1, 0.15) is 0 Å². The molecule has 0 radical (unpaired) electrons. The van der Waals surface area contributed by atoms with Crippen molar-refractivity contribution in [1.82, 2.24) is 19.7 Å². The molecule has 0 saturated carbocycles. The zero-order valence-corrected chi connectivity index (χ0v) is 13.9. The highest BCUT2D eigenvalue weighted by Crippen LogP contribution is 2.13. The summed E-state index contributed by atoms with van der Waals surface area (Å²) >= 11 is 0. The number of hydrogen-bond donors (Lipinski definition) is 2. The monoisotopic (exact) mass is 355 g/mol. The van der Waals surface area contributed by atoms with E-state index in [0.29, 0.717) is 18.1 Å². The fourth-order valence-electron chi connectivity index (χ4n) is 2.68. The average Bonchev–Trinajstić information content (AvgIpc) is 2.66. The number of aromatic nitrogens is 3. The zero-order chi connectivity index (χ0) is 18.7. The van der Waals surface area contributed by atoms with Crippen molar-refractivity contribution < 1.29 is 9.59 Å². The van der Waals surface area contributed by atoms with Gasteiger partial charge in [-0.25, -0.2) is 5.10 Å². The molecule has 0 unspecified atom stereocenters. The first-order valence-corrected chi connectivity index (χ1v) is 7.96. The summed E-state index contributed by atoms with van der Waals surface area (Å²) in [7, 11) is 0. The van der Waals surface area contributed by atoms with E-state index in [4.69, 9.17) is 0 Å². The summed E-state index contributed by atoms with van der Waals surface area (Å²) in [6.07, 6.45) is 1.36. The summed E-state index contributed by atoms with van der Waals surface area (Å²) in [5.74, 6) is -0.0575. The predicted molar refractivity (Wildman–Crippen MR) is 93.5 cm³/mol. The number of amides is 2. The smallest absolute Gasteiger partial charge is 0.330 e. The molecule has 0 atom stereocenters. The fraction of sp³-hybridized carbons (Fsp3) is 0.235. The van der Waals surface area contributed by atoms with E-state index in [1.165, 1.54) is 10.6 Å². The predicted octanol–water partition coefficient (Wildman–Crippen LogP) is -0.359. The largest absolute Gasteiger partial charge is 0.333 e. The average molecular weight is 355 g/mol. The van der Waals surface area contributed by atoms with Crippen molar-refractivity contribution in [1.29, 1.82) is 0 Å². The Morgan fingerprint density at radius 1 is 1.23 bits per heavy atom. The van der Waals surface area contributed by atoms with Gasteiger partial charge < -0.3 is 10.2 Å². The van der Waals surface area contributed by atoms with Crippen LogP contribution in [0.1, 0.15) is 11.4 Å². The molecular formula is C17H17N5O4. The van der Waals surface area contributed by atoms with Gasteiger partial charge in [-0.05, 0) is 23.8 Å². The number of anilines is 1. The lowest BCUT2D eigenvalue weighted by Crippen LogP contribution is -2.48. The number of H-pyrrole nitrogens is 1. The van der Waals surface area contributed by atoms with Crippen LogP contribution in [0.25, 0.3) is 0 Å². The minimum Gasteiger partial charge on any atom is -0.333 e. The Bertz CT molecular complexity index is 974. The van der Waals surface area contributed by atoms with E-state index in [9.17, 15) is 19.2 Å². The fourth-order valence-corrected chi connectivity index (χ4v) is 2.68. The summed E-state index contributed by atoms with van der Waals surface area (Å²) in [5, 5.41) is 8.63. The highest BCUT2D eigenvalue weighted by Gasteiger charge is 2.23. The highest BCUT2D eigenvalue weighted by molar-refractivity contribution is 5.98. The number of nitrogens with zero attached hydrogens (tertiary/aromatic N) is 3. The first kappa shape index (κ1) is 17.3. The summed E-state index contributed by atoms with van der Waals surface area (Å²) in [4.78, 5) is 48.4. The molecule has 2 N–H and O–H groups in total. The Labute approximate surface area is 148 Å². The highest BCUT2D eigenvalue weighted by atomic mass is 16.2. The van der Waals surface area contributed by atoms with Crippen LogP contribution in [0.5, 0.6) is 0 Å². The Hall–Kier alpha value is -3.49. The molecule has 0 aliphatic carbocycles. The van der Waals surface area contributed by atoms with Gasteiger partial charge in [-0.2, -0.15) is 5.10 Å². The lowest BCUT2D eigenvalue weighted by atomic mass is 10.1. The maximum absolute atomic E-state index is 12.5. The molecule has 1 aliphatic rings. The number of fused-ring (bicyclic) bond motifs is 1. The minimum atomic E-state index is -0.767. The third-order valence-corrected chi connectivity index (χ3v) is 4.08. The SMILES string of the molecule is C=CC(=O)Nc1ccc(CC(=O)N2CCn3c(n[nH]c(=O)c3=O)C2)cc1. The normalized spacial score (nSPS) is 13.0. The minimum absolute atomic E-state index is 0.112. The van der Waals surface area contributed by atoms with Crippen LogP contribution < -0.4 is 16.4 Å². The molecule has 2 aromatic rings. The van der Waals surface area contributed by atoms with Gasteiger partial charge in [0, 0.05) is 18.8 Å². The third kappa shape index (κ3) is 3.61. The van der Waals surface area contributed by atoms with E-state index in [0.717, 1.165) is 5.56 Å². The van der Waals surface area contributed by atoms with Gasteiger partial charge in [0.05, 0.1) is 13.0 Å². The standard InChI is InChI=1S/C17H17N5O4/c1-2-14(23)18-12-5-3-11(4-6-12)9-15(24)21-7-8-22-13(10-21)19-20-16(25)17(22)26/h2-6H,1,7-10H2,(H,18,23)(H,20,25). The van der Waals surface area contributed by atoms with Crippen molar-refractivity contribution in [3.63, 3.8) is 0 Å². The van der Waals surface area contributed by atoms with E-state index in [1.54, 1.807) is 29.2 Å². The van der Waals surface area contributed by atoms with Gasteiger partial charge in [-0.15, -0.1) is 0 Å². The lowest BCUT2D eigenvalue weighted by Gasteiger charge is -2.28. The zero-order valence-electron chi connectivity index (χ0n) is 13.9. The molecule has 26 heavy (non-hydrogen) atoms. The Morgan fingerprint density at radius 3 is 2.65 bits per heavy atom. The molecule has 0 spiro atoms. The maximum Gasteiger partial charge on any atom is 0.330 e. The number of aromatic amines is 1. The molecule has 9 nitrogen and oxygen atoms in total. The van der Waals surface area contributed by atoms with Gasteiger partial charge in [0.2, 0.25) is 11.8 Å². The third-order valence-electron chi connectivity index (χ3n) is 4.08. The molecule has 2 heterocycles. The molecule has 9 heteroatoms. The van der Waals surface area contributed by atoms with Crippen LogP contribution in [0.15, 0.2) is 46.5 Å². The molecule has 1 aromatic carbocycles. The second kappa shape index (κ2) is 7.18. The Kier molecular flexibility index (Phi) is 4.78. The summed E-state index contributed by atoms with van der Waals surface area (Å²) < 4.78 is 1.29. The molecule has 0 fully saturated rings. The second-order valence-electron chi connectivity index (χ2n) is 5.81. The molecule has 1 aliphatic heterocycles. The number of nitrogens with one attached hydrogen (secondary N) is 2. The van der Waals surface area contributed by atoms with Crippen molar-refractivity contribution in [2.45, 2.75) is 19.5 Å². The van der Waals surface area contributed by atoms with E-state index in [-0.39, 0.29) is 31.3 Å². The Balaban J connectivity index is 1.66. The Morgan fingerprint density at radius 2 is 1.96 bits per heavy atom. The quantitative estimate of drug-likeness (QED) is 0.574. The first-order chi connectivity index (χ1) is 12.5. The lowest BCUT2D eigenvalue weighted by molar-refractivity contribution is -0.132. The van der Waals surface area contributed by atoms with Crippen LogP contribution in [-0.4, -0.2) is 38.0 Å². The first-order valence-electron chi connectivity index (χ1n) is 7.96. The van der Waals surface area contributed by atoms with Gasteiger partial charge in [-0.3, -0.25) is 23.7 Å². The van der Waals surface area contributed by atoms with Crippen LogP contribution in [0.3, 0.4) is 0 Å². The second-order valence-corrected chi connectivity index (χ2v) is 5.81. The van der Waals surface area contributed by atoms with Crippen molar-refractivity contribution in [2.24, 2.45) is 0 Å². The molecule has 134 valence electrons. The van der Waals surface area contributed by atoms with Crippen LogP contribution >= 0.6 is 0 Å². The van der Waals surface area contributed by atoms with Crippen LogP contribution in [0.4, 0.5) is 5.69 Å². The van der Waals surface area contributed by atoms with Gasteiger partial charge in [0.15, 0.2) is 5.82 Å². The molecule has 0 saturated heterocycles. The summed E-state index contributed by atoms with van der Waals surface area (Å²) in [5.41, 5.74) is -0.00839. The topological polar surface area (TPSA) is 117 Å². The number of benzene rings is 1. The van der Waals surface area contributed by atoms with Crippen LogP contribution in [0, 0.1) is 0 Å². The van der Waals surface area contributed by atoms with Crippen LogP contribution in [0.2, 0.25) is 0 Å². The number of rotatable bonds is 4. The van der Waals surface area contributed by atoms with E-state index >= 15 is 0 Å². The summed E-state index contributed by atoms with van der Waals surface area (Å²) in [6.45, 7) is 4.13. The van der Waals surface area contributed by atoms with E-state index in [1.807, 2.05) is 0 Å². The molecule has 0 bridgehead atoms. The van der Waals surface area contributed by atoms with Crippen molar-refractivity contribution >= 4 is 17.5 Å². The number of carbonyl (C=O) groups is 2. The van der Waals surface area contributed by atoms with Crippen molar-refractivity contribution in [3.05, 3.63) is 69.0 Å². The van der Waals surface area contributed by atoms with Crippen molar-refractivity contribution in [2.75, 3.05) is 11.9 Å². The number of carbonyl (C=O) groups excluding carboxylic acids is 2. The molecular weight excluding hydrogens is 338 g/mol. The van der Waals surface area contributed by atoms with Crippen LogP contribution in [-0.2, 0) is 29.1 Å². The van der Waals surface area contributed by atoms with Crippen molar-refractivity contribution in [3.8, 4) is 0 Å². The van der Waals surface area contributed by atoms with Gasteiger partial charge in [-0.1, -0.05) is 18.7 Å².